The summed E-state index contributed by atoms with van der Waals surface area (Å²) < 4.78 is 0. The van der Waals surface area contributed by atoms with Gasteiger partial charge in [-0.2, -0.15) is 0 Å². The highest BCUT2D eigenvalue weighted by Crippen LogP contribution is 2.34. The fraction of sp³-hybridized carbons (Fsp3) is 0.429. The smallest absolute Gasteiger partial charge is 0.115 e. The molecule has 1 unspecified atom stereocenters. The van der Waals surface area contributed by atoms with Crippen LogP contribution in [0.3, 0.4) is 0 Å². The number of anilines is 2. The standard InChI is InChI=1S/C21H26ClN3O/c1-23(2)18-8-10-25(14-18)21-6-4-17(12-20(21)22)24-9-7-15-11-19(26)5-3-16(15)13-24/h3-6,11-12,18,26H,7-10,13-14H2,1-2H3. The third-order valence-electron chi connectivity index (χ3n) is 5.73. The van der Waals surface area contributed by atoms with E-state index in [1.54, 1.807) is 6.07 Å². The third-order valence-corrected chi connectivity index (χ3v) is 6.04. The number of nitrogens with zero attached hydrogens (tertiary/aromatic N) is 3. The quantitative estimate of drug-likeness (QED) is 0.890. The SMILES string of the molecule is CN(C)C1CCN(c2ccc(N3CCc4cc(O)ccc4C3)cc2Cl)C1. The van der Waals surface area contributed by atoms with Crippen LogP contribution in [0.1, 0.15) is 17.5 Å². The highest BCUT2D eigenvalue weighted by molar-refractivity contribution is 6.33. The molecule has 5 heteroatoms. The van der Waals surface area contributed by atoms with E-state index in [1.165, 1.54) is 23.2 Å². The average molecular weight is 372 g/mol. The molecule has 1 saturated heterocycles. The van der Waals surface area contributed by atoms with Crippen LogP contribution >= 0.6 is 11.6 Å². The number of aromatic hydroxyl groups is 1. The molecular weight excluding hydrogens is 346 g/mol. The summed E-state index contributed by atoms with van der Waals surface area (Å²) in [6.45, 7) is 3.89. The summed E-state index contributed by atoms with van der Waals surface area (Å²) in [4.78, 5) is 7.05. The topological polar surface area (TPSA) is 30.0 Å². The molecule has 1 atom stereocenters. The van der Waals surface area contributed by atoms with Gasteiger partial charge in [0.1, 0.15) is 5.75 Å². The lowest BCUT2D eigenvalue weighted by Gasteiger charge is -2.31. The zero-order chi connectivity index (χ0) is 18.3. The van der Waals surface area contributed by atoms with Gasteiger partial charge in [0.2, 0.25) is 0 Å². The Morgan fingerprint density at radius 3 is 2.62 bits per heavy atom. The van der Waals surface area contributed by atoms with Crippen LogP contribution in [0, 0.1) is 0 Å². The van der Waals surface area contributed by atoms with Crippen molar-refractivity contribution in [3.8, 4) is 5.75 Å². The number of phenolic OH excluding ortho intramolecular Hbond substituents is 1. The van der Waals surface area contributed by atoms with Crippen molar-refractivity contribution in [3.63, 3.8) is 0 Å². The van der Waals surface area contributed by atoms with Crippen molar-refractivity contribution in [2.24, 2.45) is 0 Å². The van der Waals surface area contributed by atoms with Gasteiger partial charge in [0.25, 0.3) is 0 Å². The molecule has 0 aromatic heterocycles. The van der Waals surface area contributed by atoms with Crippen molar-refractivity contribution in [2.45, 2.75) is 25.4 Å². The first-order valence-electron chi connectivity index (χ1n) is 9.28. The number of hydrogen-bond acceptors (Lipinski definition) is 4. The van der Waals surface area contributed by atoms with Crippen LogP contribution in [-0.4, -0.2) is 49.8 Å². The van der Waals surface area contributed by atoms with Gasteiger partial charge in [-0.1, -0.05) is 17.7 Å². The van der Waals surface area contributed by atoms with Gasteiger partial charge in [-0.25, -0.2) is 0 Å². The molecule has 0 spiro atoms. The summed E-state index contributed by atoms with van der Waals surface area (Å²) in [5.41, 5.74) is 4.83. The predicted octanol–water partition coefficient (Wildman–Crippen LogP) is 3.75. The number of phenols is 1. The first kappa shape index (κ1) is 17.5. The lowest BCUT2D eigenvalue weighted by Crippen LogP contribution is -2.32. The van der Waals surface area contributed by atoms with E-state index < -0.39 is 0 Å². The number of hydrogen-bond donors (Lipinski definition) is 1. The van der Waals surface area contributed by atoms with Gasteiger partial charge in [0, 0.05) is 37.9 Å². The zero-order valence-corrected chi connectivity index (χ0v) is 16.2. The molecule has 2 aliphatic heterocycles. The number of halogens is 1. The van der Waals surface area contributed by atoms with Crippen LogP contribution in [0.4, 0.5) is 11.4 Å². The molecule has 0 aliphatic carbocycles. The highest BCUT2D eigenvalue weighted by Gasteiger charge is 2.26. The van der Waals surface area contributed by atoms with E-state index in [-0.39, 0.29) is 0 Å². The van der Waals surface area contributed by atoms with Crippen molar-refractivity contribution >= 4 is 23.0 Å². The maximum absolute atomic E-state index is 9.66. The fourth-order valence-electron chi connectivity index (χ4n) is 4.09. The van der Waals surface area contributed by atoms with Crippen LogP contribution in [0.15, 0.2) is 36.4 Å². The van der Waals surface area contributed by atoms with Crippen molar-refractivity contribution in [1.29, 1.82) is 0 Å². The van der Waals surface area contributed by atoms with Crippen LogP contribution in [0.2, 0.25) is 5.02 Å². The van der Waals surface area contributed by atoms with Gasteiger partial charge in [-0.05, 0) is 68.4 Å². The Hall–Kier alpha value is -1.91. The Labute approximate surface area is 160 Å². The van der Waals surface area contributed by atoms with E-state index in [4.69, 9.17) is 11.6 Å². The summed E-state index contributed by atoms with van der Waals surface area (Å²) >= 11 is 6.66. The van der Waals surface area contributed by atoms with E-state index in [2.05, 4.69) is 47.0 Å². The van der Waals surface area contributed by atoms with Gasteiger partial charge in [0.15, 0.2) is 0 Å². The number of benzene rings is 2. The van der Waals surface area contributed by atoms with Crippen LogP contribution < -0.4 is 9.80 Å². The molecule has 2 heterocycles. The van der Waals surface area contributed by atoms with Gasteiger partial charge in [0.05, 0.1) is 10.7 Å². The Bertz CT molecular complexity index is 808. The number of rotatable bonds is 3. The second-order valence-corrected chi connectivity index (χ2v) is 8.02. The minimum atomic E-state index is 0.353. The Kier molecular flexibility index (Phi) is 4.72. The van der Waals surface area contributed by atoms with Crippen molar-refractivity contribution in [3.05, 3.63) is 52.5 Å². The average Bonchev–Trinajstić information content (AvgIpc) is 3.11. The molecule has 2 aromatic carbocycles. The van der Waals surface area contributed by atoms with E-state index in [1.807, 2.05) is 12.1 Å². The molecule has 4 nitrogen and oxygen atoms in total. The van der Waals surface area contributed by atoms with Crippen molar-refractivity contribution < 1.29 is 5.11 Å². The summed E-state index contributed by atoms with van der Waals surface area (Å²) in [5, 5.41) is 10.5. The first-order valence-corrected chi connectivity index (χ1v) is 9.65. The van der Waals surface area contributed by atoms with E-state index in [9.17, 15) is 5.11 Å². The minimum absolute atomic E-state index is 0.353. The molecule has 4 rings (SSSR count). The summed E-state index contributed by atoms with van der Waals surface area (Å²) in [6.07, 6.45) is 2.13. The fourth-order valence-corrected chi connectivity index (χ4v) is 4.39. The van der Waals surface area contributed by atoms with Crippen molar-refractivity contribution in [1.82, 2.24) is 4.90 Å². The third kappa shape index (κ3) is 3.36. The Balaban J connectivity index is 1.51. The van der Waals surface area contributed by atoms with Crippen LogP contribution in [0.5, 0.6) is 5.75 Å². The predicted molar refractivity (Wildman–Crippen MR) is 109 cm³/mol. The zero-order valence-electron chi connectivity index (χ0n) is 15.5. The molecule has 1 N–H and O–H groups in total. The van der Waals surface area contributed by atoms with Gasteiger partial charge in [-0.15, -0.1) is 0 Å². The molecule has 2 aliphatic rings. The second kappa shape index (κ2) is 7.01. The molecule has 0 bridgehead atoms. The lowest BCUT2D eigenvalue weighted by atomic mass is 9.99. The normalized spacial score (nSPS) is 19.9. The highest BCUT2D eigenvalue weighted by atomic mass is 35.5. The number of likely N-dealkylation sites (N-methyl/N-ethyl adjacent to an activating group) is 1. The molecular formula is C21H26ClN3O. The van der Waals surface area contributed by atoms with Gasteiger partial charge in [-0.3, -0.25) is 0 Å². The molecule has 0 radical (unpaired) electrons. The first-order chi connectivity index (χ1) is 12.5. The maximum atomic E-state index is 9.66. The molecule has 26 heavy (non-hydrogen) atoms. The molecule has 0 amide bonds. The molecule has 0 saturated carbocycles. The van der Waals surface area contributed by atoms with E-state index >= 15 is 0 Å². The maximum Gasteiger partial charge on any atom is 0.115 e. The summed E-state index contributed by atoms with van der Waals surface area (Å²) in [5.74, 6) is 0.353. The van der Waals surface area contributed by atoms with Crippen LogP contribution in [0.25, 0.3) is 0 Å². The Morgan fingerprint density at radius 1 is 1.04 bits per heavy atom. The van der Waals surface area contributed by atoms with Gasteiger partial charge < -0.3 is 19.8 Å². The number of fused-ring (bicyclic) bond motifs is 1. The Morgan fingerprint density at radius 2 is 1.88 bits per heavy atom. The minimum Gasteiger partial charge on any atom is -0.508 e. The molecule has 138 valence electrons. The molecule has 1 fully saturated rings. The van der Waals surface area contributed by atoms with E-state index in [0.29, 0.717) is 11.8 Å². The second-order valence-electron chi connectivity index (χ2n) is 7.61. The van der Waals surface area contributed by atoms with Crippen molar-refractivity contribution in [2.75, 3.05) is 43.5 Å². The van der Waals surface area contributed by atoms with Crippen LogP contribution in [-0.2, 0) is 13.0 Å². The summed E-state index contributed by atoms with van der Waals surface area (Å²) in [7, 11) is 4.29. The summed E-state index contributed by atoms with van der Waals surface area (Å²) in [6, 6.07) is 12.7. The largest absolute Gasteiger partial charge is 0.508 e. The van der Waals surface area contributed by atoms with E-state index in [0.717, 1.165) is 43.3 Å². The molecule has 2 aromatic rings. The van der Waals surface area contributed by atoms with Gasteiger partial charge >= 0.3 is 0 Å². The monoisotopic (exact) mass is 371 g/mol. The lowest BCUT2D eigenvalue weighted by molar-refractivity contribution is 0.315.